The molecule has 5 heteroatoms. The van der Waals surface area contributed by atoms with E-state index in [0.717, 1.165) is 57.0 Å². The van der Waals surface area contributed by atoms with Gasteiger partial charge >= 0.3 is 0 Å². The van der Waals surface area contributed by atoms with E-state index >= 15 is 0 Å². The van der Waals surface area contributed by atoms with Crippen LogP contribution in [-0.2, 0) is 10.2 Å². The Kier molecular flexibility index (Phi) is 4.85. The molecule has 2 aliphatic rings. The fourth-order valence-corrected chi connectivity index (χ4v) is 3.56. The van der Waals surface area contributed by atoms with E-state index in [2.05, 4.69) is 15.2 Å². The quantitative estimate of drug-likeness (QED) is 0.669. The van der Waals surface area contributed by atoms with E-state index in [-0.39, 0.29) is 11.2 Å². The van der Waals surface area contributed by atoms with Crippen molar-refractivity contribution in [3.05, 3.63) is 35.6 Å². The molecule has 0 bridgehead atoms. The van der Waals surface area contributed by atoms with E-state index in [1.165, 1.54) is 0 Å². The molecule has 126 valence electrons. The number of benzene rings is 1. The molecule has 0 amide bonds. The number of methoxy groups -OCH3 is 1. The molecule has 3 rings (SSSR count). The van der Waals surface area contributed by atoms with Crippen molar-refractivity contribution in [2.75, 3.05) is 40.4 Å². The fourth-order valence-electron chi connectivity index (χ4n) is 3.56. The molecule has 0 spiro atoms. The van der Waals surface area contributed by atoms with Crippen LogP contribution >= 0.6 is 0 Å². The third kappa shape index (κ3) is 3.50. The molecule has 1 saturated carbocycles. The molecule has 4 nitrogen and oxygen atoms in total. The molecule has 1 aliphatic heterocycles. The van der Waals surface area contributed by atoms with Gasteiger partial charge in [-0.25, -0.2) is 4.39 Å². The highest BCUT2D eigenvalue weighted by Crippen LogP contribution is 2.48. The average Bonchev–Trinajstić information content (AvgIpc) is 3.20. The largest absolute Gasteiger partial charge is 0.384 e. The van der Waals surface area contributed by atoms with Crippen LogP contribution in [0, 0.1) is 11.7 Å². The third-order valence-corrected chi connectivity index (χ3v) is 5.08. The first kappa shape index (κ1) is 16.2. The van der Waals surface area contributed by atoms with Crippen molar-refractivity contribution in [3.63, 3.8) is 0 Å². The smallest absolute Gasteiger partial charge is 0.193 e. The summed E-state index contributed by atoms with van der Waals surface area (Å²) >= 11 is 0. The number of nitrogens with zero attached hydrogens (tertiary/aromatic N) is 2. The lowest BCUT2D eigenvalue weighted by Crippen LogP contribution is -2.43. The zero-order chi connectivity index (χ0) is 16.3. The Bertz CT molecular complexity index is 571. The lowest BCUT2D eigenvalue weighted by Gasteiger charge is -2.25. The fraction of sp³-hybridized carbons (Fsp3) is 0.611. The molecule has 1 N–H and O–H groups in total. The molecule has 1 unspecified atom stereocenters. The Morgan fingerprint density at radius 3 is 2.87 bits per heavy atom. The van der Waals surface area contributed by atoms with Crippen LogP contribution in [0.15, 0.2) is 29.3 Å². The van der Waals surface area contributed by atoms with Crippen molar-refractivity contribution in [1.82, 2.24) is 10.2 Å². The van der Waals surface area contributed by atoms with Gasteiger partial charge in [-0.05, 0) is 30.9 Å². The molecule has 2 fully saturated rings. The monoisotopic (exact) mass is 319 g/mol. The average molecular weight is 319 g/mol. The first-order valence-corrected chi connectivity index (χ1v) is 8.38. The molecule has 1 heterocycles. The van der Waals surface area contributed by atoms with Gasteiger partial charge in [0, 0.05) is 45.1 Å². The molecule has 1 aliphatic carbocycles. The summed E-state index contributed by atoms with van der Waals surface area (Å²) in [5.41, 5.74) is 0.772. The van der Waals surface area contributed by atoms with Gasteiger partial charge in [-0.15, -0.1) is 0 Å². The summed E-state index contributed by atoms with van der Waals surface area (Å²) in [5.74, 6) is 1.40. The van der Waals surface area contributed by atoms with Crippen LogP contribution in [-0.4, -0.2) is 51.3 Å². The van der Waals surface area contributed by atoms with Crippen LogP contribution in [0.3, 0.4) is 0 Å². The summed E-state index contributed by atoms with van der Waals surface area (Å²) in [5, 5.41) is 3.47. The normalized spacial score (nSPS) is 23.2. The Morgan fingerprint density at radius 2 is 2.22 bits per heavy atom. The second kappa shape index (κ2) is 6.87. The van der Waals surface area contributed by atoms with Gasteiger partial charge in [0.25, 0.3) is 0 Å². The number of hydrogen-bond acceptors (Lipinski definition) is 2. The summed E-state index contributed by atoms with van der Waals surface area (Å²) in [4.78, 5) is 6.69. The van der Waals surface area contributed by atoms with Gasteiger partial charge < -0.3 is 15.0 Å². The topological polar surface area (TPSA) is 36.9 Å². The molecule has 1 aromatic rings. The van der Waals surface area contributed by atoms with Crippen molar-refractivity contribution < 1.29 is 9.13 Å². The highest BCUT2D eigenvalue weighted by Gasteiger charge is 2.46. The third-order valence-electron chi connectivity index (χ3n) is 5.08. The predicted molar refractivity (Wildman–Crippen MR) is 90.2 cm³/mol. The Hall–Kier alpha value is -1.62. The first-order valence-electron chi connectivity index (χ1n) is 8.38. The van der Waals surface area contributed by atoms with Crippen LogP contribution in [0.2, 0.25) is 0 Å². The highest BCUT2D eigenvalue weighted by molar-refractivity contribution is 5.80. The predicted octanol–water partition coefficient (Wildman–Crippen LogP) is 2.40. The maximum absolute atomic E-state index is 14.1. The van der Waals surface area contributed by atoms with Crippen LogP contribution < -0.4 is 5.32 Å². The SMILES string of the molecule is CN=C(NCC1(c2ccccc2F)CC1)N1CCC(COC)C1. The van der Waals surface area contributed by atoms with Crippen LogP contribution in [0.5, 0.6) is 0 Å². The molecular weight excluding hydrogens is 293 g/mol. The number of guanidine groups is 1. The maximum Gasteiger partial charge on any atom is 0.193 e. The standard InChI is InChI=1S/C18H26FN3O/c1-20-17(22-10-7-14(11-22)12-23-2)21-13-18(8-9-18)15-5-3-4-6-16(15)19/h3-6,14H,7-13H2,1-2H3,(H,20,21). The van der Waals surface area contributed by atoms with E-state index in [9.17, 15) is 4.39 Å². The van der Waals surface area contributed by atoms with Crippen molar-refractivity contribution in [1.29, 1.82) is 0 Å². The summed E-state index contributed by atoms with van der Waals surface area (Å²) in [6.07, 6.45) is 3.20. The molecule has 1 aromatic carbocycles. The van der Waals surface area contributed by atoms with Gasteiger partial charge in [0.1, 0.15) is 5.82 Å². The molecular formula is C18H26FN3O. The van der Waals surface area contributed by atoms with Crippen LogP contribution in [0.25, 0.3) is 0 Å². The Morgan fingerprint density at radius 1 is 1.43 bits per heavy atom. The van der Waals surface area contributed by atoms with E-state index in [1.807, 2.05) is 19.2 Å². The van der Waals surface area contributed by atoms with Gasteiger partial charge in [0.2, 0.25) is 0 Å². The maximum atomic E-state index is 14.1. The second-order valence-electron chi connectivity index (χ2n) is 6.72. The van der Waals surface area contributed by atoms with E-state index in [0.29, 0.717) is 5.92 Å². The number of rotatable bonds is 5. The second-order valence-corrected chi connectivity index (χ2v) is 6.72. The number of ether oxygens (including phenoxy) is 1. The van der Waals surface area contributed by atoms with Gasteiger partial charge in [-0.1, -0.05) is 18.2 Å². The van der Waals surface area contributed by atoms with E-state index < -0.39 is 0 Å². The Balaban J connectivity index is 1.60. The minimum Gasteiger partial charge on any atom is -0.384 e. The Labute approximate surface area is 137 Å². The van der Waals surface area contributed by atoms with Crippen molar-refractivity contribution in [2.45, 2.75) is 24.7 Å². The van der Waals surface area contributed by atoms with Gasteiger partial charge in [0.15, 0.2) is 5.96 Å². The van der Waals surface area contributed by atoms with Crippen molar-refractivity contribution in [3.8, 4) is 0 Å². The zero-order valence-electron chi connectivity index (χ0n) is 14.0. The number of aliphatic imine (C=N–C) groups is 1. The van der Waals surface area contributed by atoms with Crippen LogP contribution in [0.4, 0.5) is 4.39 Å². The minimum absolute atomic E-state index is 0.0626. The number of hydrogen-bond donors (Lipinski definition) is 1. The number of halogens is 1. The van der Waals surface area contributed by atoms with E-state index in [4.69, 9.17) is 4.74 Å². The molecule has 1 saturated heterocycles. The summed E-state index contributed by atoms with van der Waals surface area (Å²) in [7, 11) is 3.57. The first-order chi connectivity index (χ1) is 11.2. The minimum atomic E-state index is -0.0943. The lowest BCUT2D eigenvalue weighted by atomic mass is 9.95. The van der Waals surface area contributed by atoms with Crippen molar-refractivity contribution in [2.24, 2.45) is 10.9 Å². The van der Waals surface area contributed by atoms with Gasteiger partial charge in [-0.3, -0.25) is 4.99 Å². The van der Waals surface area contributed by atoms with Gasteiger partial charge in [0.05, 0.1) is 6.61 Å². The lowest BCUT2D eigenvalue weighted by molar-refractivity contribution is 0.157. The van der Waals surface area contributed by atoms with E-state index in [1.54, 1.807) is 19.2 Å². The number of nitrogens with one attached hydrogen (secondary N) is 1. The zero-order valence-corrected chi connectivity index (χ0v) is 14.0. The summed E-state index contributed by atoms with van der Waals surface area (Å²) < 4.78 is 19.3. The van der Waals surface area contributed by atoms with Crippen LogP contribution in [0.1, 0.15) is 24.8 Å². The van der Waals surface area contributed by atoms with Gasteiger partial charge in [-0.2, -0.15) is 0 Å². The summed E-state index contributed by atoms with van der Waals surface area (Å²) in [6.45, 7) is 3.51. The molecule has 0 aromatic heterocycles. The van der Waals surface area contributed by atoms with Crippen molar-refractivity contribution >= 4 is 5.96 Å². The summed E-state index contributed by atoms with van der Waals surface area (Å²) in [6, 6.07) is 7.14. The molecule has 1 atom stereocenters. The molecule has 0 radical (unpaired) electrons. The number of likely N-dealkylation sites (tertiary alicyclic amines) is 1. The molecule has 23 heavy (non-hydrogen) atoms. The highest BCUT2D eigenvalue weighted by atomic mass is 19.1.